The molecule has 0 bridgehead atoms. The Kier molecular flexibility index (Phi) is 7.79. The molecule has 0 nitrogen and oxygen atoms in total. The molecule has 0 saturated heterocycles. The van der Waals surface area contributed by atoms with Crippen LogP contribution in [-0.4, -0.2) is 0 Å². The third-order valence-corrected chi connectivity index (χ3v) is 8.62. The van der Waals surface area contributed by atoms with Gasteiger partial charge in [0.15, 0.2) is 0 Å². The van der Waals surface area contributed by atoms with E-state index >= 15 is 0 Å². The second-order valence-corrected chi connectivity index (χ2v) is 11.4. The summed E-state index contributed by atoms with van der Waals surface area (Å²) in [4.78, 5) is 0. The van der Waals surface area contributed by atoms with E-state index in [1.165, 1.54) is 66.1 Å². The van der Waals surface area contributed by atoms with Gasteiger partial charge in [-0.15, -0.1) is 0 Å². The van der Waals surface area contributed by atoms with Crippen molar-refractivity contribution >= 4 is 27.1 Å². The normalized spacial score (nSPS) is 13.1. The number of hydrogen-bond acceptors (Lipinski definition) is 0. The molecule has 0 N–H and O–H groups in total. The van der Waals surface area contributed by atoms with Crippen LogP contribution in [0.5, 0.6) is 0 Å². The minimum atomic E-state index is 0.833. The van der Waals surface area contributed by atoms with E-state index in [1.807, 2.05) is 12.2 Å². The molecular weight excluding hydrogens is 540 g/mol. The summed E-state index contributed by atoms with van der Waals surface area (Å²) in [6.07, 6.45) is 15.6. The largest absolute Gasteiger partial charge is 0.0991 e. The maximum absolute atomic E-state index is 4.29. The number of fused-ring (bicyclic) bond motifs is 2. The Morgan fingerprint density at radius 1 is 0.511 bits per heavy atom. The van der Waals surface area contributed by atoms with Crippen LogP contribution in [0.3, 0.4) is 0 Å². The Morgan fingerprint density at radius 3 is 1.76 bits per heavy atom. The van der Waals surface area contributed by atoms with Crippen LogP contribution in [-0.2, 0) is 0 Å². The van der Waals surface area contributed by atoms with E-state index in [0.29, 0.717) is 0 Å². The lowest BCUT2D eigenvalue weighted by Crippen LogP contribution is -1.94. The lowest BCUT2D eigenvalue weighted by molar-refractivity contribution is 1.37. The van der Waals surface area contributed by atoms with E-state index in [1.54, 1.807) is 6.08 Å². The third kappa shape index (κ3) is 5.55. The molecule has 0 amide bonds. The van der Waals surface area contributed by atoms with Crippen molar-refractivity contribution in [3.05, 3.63) is 200 Å². The van der Waals surface area contributed by atoms with Gasteiger partial charge < -0.3 is 0 Å². The van der Waals surface area contributed by atoms with Crippen LogP contribution in [0.25, 0.3) is 60.5 Å². The van der Waals surface area contributed by atoms with Crippen LogP contribution < -0.4 is 0 Å². The quantitative estimate of drug-likeness (QED) is 0.131. The van der Waals surface area contributed by atoms with Crippen LogP contribution in [0.15, 0.2) is 194 Å². The first kappa shape index (κ1) is 28.1. The van der Waals surface area contributed by atoms with Gasteiger partial charge in [-0.05, 0) is 89.7 Å². The SMILES string of the molecule is C=C/C=C\C(=C)C1=CCC=C(c2c3ccccc3c(-c3ccc(-c4ccccc4)cc3)c3cc(-c4ccccc4)ccc23)C=C1. The van der Waals surface area contributed by atoms with Gasteiger partial charge in [-0.1, -0.05) is 177 Å². The zero-order chi connectivity index (χ0) is 30.6. The standard InChI is InChI=1S/C45H34/c1-3-4-14-32(2)33-19-13-20-37(26-23-33)44-40-21-11-12-22-41(40)45(38-27-24-36(25-28-38)34-15-7-5-8-16-34)43-31-39(29-30-42(43)44)35-17-9-6-10-18-35/h3-12,14-31H,1-2,13H2/b14-4-. The number of hydrogen-bond donors (Lipinski definition) is 0. The molecule has 0 aliphatic heterocycles. The molecule has 0 heterocycles. The molecule has 0 fully saturated rings. The summed E-state index contributed by atoms with van der Waals surface area (Å²) in [6, 6.07) is 46.2. The van der Waals surface area contributed by atoms with Gasteiger partial charge in [0.05, 0.1) is 0 Å². The lowest BCUT2D eigenvalue weighted by Gasteiger charge is -2.19. The zero-order valence-electron chi connectivity index (χ0n) is 25.3. The molecule has 6 aromatic carbocycles. The minimum absolute atomic E-state index is 0.833. The second kappa shape index (κ2) is 12.5. The van der Waals surface area contributed by atoms with E-state index in [0.717, 1.165) is 17.6 Å². The molecular formula is C45H34. The van der Waals surface area contributed by atoms with Crippen molar-refractivity contribution in [1.82, 2.24) is 0 Å². The van der Waals surface area contributed by atoms with E-state index in [4.69, 9.17) is 0 Å². The summed E-state index contributed by atoms with van der Waals surface area (Å²) in [5, 5.41) is 5.01. The molecule has 0 unspecified atom stereocenters. The smallest absolute Gasteiger partial charge is 0.00261 e. The van der Waals surface area contributed by atoms with Crippen molar-refractivity contribution in [2.75, 3.05) is 0 Å². The zero-order valence-corrected chi connectivity index (χ0v) is 25.3. The molecule has 0 aromatic heterocycles. The summed E-state index contributed by atoms with van der Waals surface area (Å²) < 4.78 is 0. The fourth-order valence-corrected chi connectivity index (χ4v) is 6.40. The molecule has 0 heteroatoms. The number of rotatable bonds is 7. The predicted octanol–water partition coefficient (Wildman–Crippen LogP) is 12.6. The third-order valence-electron chi connectivity index (χ3n) is 8.62. The Hall–Kier alpha value is -5.72. The number of benzene rings is 6. The van der Waals surface area contributed by atoms with Crippen molar-refractivity contribution in [2.24, 2.45) is 0 Å². The maximum Gasteiger partial charge on any atom is -0.00261 e. The van der Waals surface area contributed by atoms with E-state index in [-0.39, 0.29) is 0 Å². The lowest BCUT2D eigenvalue weighted by atomic mass is 9.84. The molecule has 0 atom stereocenters. The van der Waals surface area contributed by atoms with Gasteiger partial charge in [0.1, 0.15) is 0 Å². The first-order valence-electron chi connectivity index (χ1n) is 15.5. The van der Waals surface area contributed by atoms with Crippen LogP contribution >= 0.6 is 0 Å². The minimum Gasteiger partial charge on any atom is -0.0991 e. The summed E-state index contributed by atoms with van der Waals surface area (Å²) in [5.41, 5.74) is 12.0. The monoisotopic (exact) mass is 574 g/mol. The number of allylic oxidation sites excluding steroid dienone is 10. The van der Waals surface area contributed by atoms with E-state index in [2.05, 4.69) is 165 Å². The summed E-state index contributed by atoms with van der Waals surface area (Å²) in [7, 11) is 0. The highest BCUT2D eigenvalue weighted by Crippen LogP contribution is 2.44. The maximum atomic E-state index is 4.29. The van der Waals surface area contributed by atoms with Crippen LogP contribution in [0, 0.1) is 0 Å². The fourth-order valence-electron chi connectivity index (χ4n) is 6.40. The topological polar surface area (TPSA) is 0 Å². The highest BCUT2D eigenvalue weighted by Gasteiger charge is 2.18. The predicted molar refractivity (Wildman–Crippen MR) is 196 cm³/mol. The molecule has 0 radical (unpaired) electrons. The van der Waals surface area contributed by atoms with Gasteiger partial charge in [0.2, 0.25) is 0 Å². The van der Waals surface area contributed by atoms with Crippen LogP contribution in [0.4, 0.5) is 0 Å². The Balaban J connectivity index is 1.46. The van der Waals surface area contributed by atoms with Crippen LogP contribution in [0.1, 0.15) is 12.0 Å². The molecule has 7 rings (SSSR count). The average Bonchev–Trinajstić information content (AvgIpc) is 3.36. The van der Waals surface area contributed by atoms with E-state index in [9.17, 15) is 0 Å². The van der Waals surface area contributed by atoms with E-state index < -0.39 is 0 Å². The fraction of sp³-hybridized carbons (Fsp3) is 0.0222. The van der Waals surface area contributed by atoms with Gasteiger partial charge in [-0.2, -0.15) is 0 Å². The van der Waals surface area contributed by atoms with Crippen molar-refractivity contribution in [3.63, 3.8) is 0 Å². The Bertz CT molecular complexity index is 2170. The Labute approximate surface area is 266 Å². The van der Waals surface area contributed by atoms with Crippen molar-refractivity contribution < 1.29 is 0 Å². The van der Waals surface area contributed by atoms with Crippen molar-refractivity contribution in [3.8, 4) is 33.4 Å². The van der Waals surface area contributed by atoms with Gasteiger partial charge >= 0.3 is 0 Å². The van der Waals surface area contributed by atoms with Crippen LogP contribution in [0.2, 0.25) is 0 Å². The van der Waals surface area contributed by atoms with Gasteiger partial charge in [-0.3, -0.25) is 0 Å². The molecule has 1 aliphatic carbocycles. The molecule has 1 aliphatic rings. The molecule has 0 spiro atoms. The summed E-state index contributed by atoms with van der Waals surface area (Å²) in [6.45, 7) is 8.09. The molecule has 0 saturated carbocycles. The summed E-state index contributed by atoms with van der Waals surface area (Å²) >= 11 is 0. The van der Waals surface area contributed by atoms with Crippen molar-refractivity contribution in [1.29, 1.82) is 0 Å². The van der Waals surface area contributed by atoms with Gasteiger partial charge in [0.25, 0.3) is 0 Å². The summed E-state index contributed by atoms with van der Waals surface area (Å²) in [5.74, 6) is 0. The highest BCUT2D eigenvalue weighted by atomic mass is 14.2. The van der Waals surface area contributed by atoms with Gasteiger partial charge in [0, 0.05) is 0 Å². The van der Waals surface area contributed by atoms with Crippen molar-refractivity contribution in [2.45, 2.75) is 6.42 Å². The average molecular weight is 575 g/mol. The highest BCUT2D eigenvalue weighted by molar-refractivity contribution is 6.20. The first-order valence-corrected chi connectivity index (χ1v) is 15.5. The Morgan fingerprint density at radius 2 is 1.07 bits per heavy atom. The first-order chi connectivity index (χ1) is 22.2. The molecule has 45 heavy (non-hydrogen) atoms. The second-order valence-electron chi connectivity index (χ2n) is 11.4. The van der Waals surface area contributed by atoms with Gasteiger partial charge in [-0.25, -0.2) is 0 Å². The molecule has 214 valence electrons. The molecule has 6 aromatic rings.